The number of nitrogens with one attached hydrogen (secondary N) is 1. The number of aromatic nitrogens is 3. The number of carbonyl (C=O) groups is 1. The number of hydrogen-bond donors (Lipinski definition) is 2. The van der Waals surface area contributed by atoms with Crippen LogP contribution in [0.1, 0.15) is 6.42 Å². The molecule has 2 aromatic heterocycles. The third kappa shape index (κ3) is 5.40. The molecule has 0 aliphatic rings. The highest BCUT2D eigenvalue weighted by molar-refractivity contribution is 5.92. The summed E-state index contributed by atoms with van der Waals surface area (Å²) >= 11 is 0. The Morgan fingerprint density at radius 2 is 2.03 bits per heavy atom. The SMILES string of the molecule is COc1ccc(-n2nc(NC(=O)CN(C)CCCO)cc2-c2ccccc2)cn1. The number of methoxy groups -OCH3 is 1. The first-order valence-corrected chi connectivity index (χ1v) is 9.36. The number of ether oxygens (including phenoxy) is 1. The van der Waals surface area contributed by atoms with Crippen LogP contribution >= 0.6 is 0 Å². The van der Waals surface area contributed by atoms with Crippen LogP contribution in [0.2, 0.25) is 0 Å². The van der Waals surface area contributed by atoms with Gasteiger partial charge < -0.3 is 15.2 Å². The van der Waals surface area contributed by atoms with Crippen LogP contribution in [-0.4, -0.2) is 64.5 Å². The fraction of sp³-hybridized carbons (Fsp3) is 0.286. The van der Waals surface area contributed by atoms with E-state index in [4.69, 9.17) is 9.84 Å². The van der Waals surface area contributed by atoms with Gasteiger partial charge in [0.05, 0.1) is 31.2 Å². The topological polar surface area (TPSA) is 92.5 Å². The van der Waals surface area contributed by atoms with Crippen LogP contribution in [-0.2, 0) is 4.79 Å². The minimum absolute atomic E-state index is 0.104. The van der Waals surface area contributed by atoms with Gasteiger partial charge in [-0.05, 0) is 19.5 Å². The van der Waals surface area contributed by atoms with E-state index < -0.39 is 0 Å². The standard InChI is InChI=1S/C21H25N5O3/c1-25(11-6-12-27)15-20(28)23-19-13-18(16-7-4-3-5-8-16)26(24-19)17-9-10-21(29-2)22-14-17/h3-5,7-10,13-14,27H,6,11-12,15H2,1-2H3,(H,23,24,28). The second kappa shape index (κ2) is 9.81. The summed E-state index contributed by atoms with van der Waals surface area (Å²) in [6.07, 6.45) is 2.30. The number of aliphatic hydroxyl groups excluding tert-OH is 1. The van der Waals surface area contributed by atoms with E-state index in [9.17, 15) is 4.79 Å². The lowest BCUT2D eigenvalue weighted by atomic mass is 10.1. The number of benzene rings is 1. The van der Waals surface area contributed by atoms with Crippen molar-refractivity contribution in [2.24, 2.45) is 0 Å². The minimum atomic E-state index is -0.164. The van der Waals surface area contributed by atoms with Gasteiger partial charge in [0.25, 0.3) is 0 Å². The molecule has 8 nitrogen and oxygen atoms in total. The van der Waals surface area contributed by atoms with E-state index in [0.29, 0.717) is 24.7 Å². The first kappa shape index (κ1) is 20.5. The van der Waals surface area contributed by atoms with Crippen LogP contribution in [0.4, 0.5) is 5.82 Å². The summed E-state index contributed by atoms with van der Waals surface area (Å²) in [6.45, 7) is 0.968. The Labute approximate surface area is 169 Å². The molecule has 0 bridgehead atoms. The Bertz CT molecular complexity index is 925. The first-order valence-electron chi connectivity index (χ1n) is 9.36. The molecule has 2 heterocycles. The molecule has 0 saturated heterocycles. The molecular weight excluding hydrogens is 370 g/mol. The molecule has 8 heteroatoms. The van der Waals surface area contributed by atoms with Gasteiger partial charge in [-0.25, -0.2) is 9.67 Å². The van der Waals surface area contributed by atoms with E-state index in [1.54, 1.807) is 24.1 Å². The van der Waals surface area contributed by atoms with Crippen LogP contribution in [0.25, 0.3) is 16.9 Å². The molecule has 0 saturated carbocycles. The van der Waals surface area contributed by atoms with Crippen molar-refractivity contribution in [1.82, 2.24) is 19.7 Å². The lowest BCUT2D eigenvalue weighted by molar-refractivity contribution is -0.117. The highest BCUT2D eigenvalue weighted by atomic mass is 16.5. The van der Waals surface area contributed by atoms with Gasteiger partial charge in [0.2, 0.25) is 11.8 Å². The fourth-order valence-corrected chi connectivity index (χ4v) is 2.92. The number of rotatable bonds is 9. The maximum Gasteiger partial charge on any atom is 0.239 e. The Balaban J connectivity index is 1.85. The van der Waals surface area contributed by atoms with Crippen molar-refractivity contribution < 1.29 is 14.6 Å². The smallest absolute Gasteiger partial charge is 0.239 e. The van der Waals surface area contributed by atoms with E-state index >= 15 is 0 Å². The molecule has 1 amide bonds. The fourth-order valence-electron chi connectivity index (χ4n) is 2.92. The van der Waals surface area contributed by atoms with Gasteiger partial charge in [0.1, 0.15) is 0 Å². The largest absolute Gasteiger partial charge is 0.481 e. The van der Waals surface area contributed by atoms with Crippen molar-refractivity contribution in [2.75, 3.05) is 39.2 Å². The molecule has 0 spiro atoms. The average Bonchev–Trinajstić information content (AvgIpc) is 3.16. The Kier molecular flexibility index (Phi) is 6.94. The lowest BCUT2D eigenvalue weighted by Crippen LogP contribution is -2.31. The summed E-state index contributed by atoms with van der Waals surface area (Å²) in [4.78, 5) is 18.5. The second-order valence-corrected chi connectivity index (χ2v) is 6.61. The van der Waals surface area contributed by atoms with Crippen LogP contribution in [0.3, 0.4) is 0 Å². The third-order valence-electron chi connectivity index (χ3n) is 4.33. The molecular formula is C21H25N5O3. The maximum absolute atomic E-state index is 12.4. The Morgan fingerprint density at radius 3 is 2.69 bits per heavy atom. The summed E-state index contributed by atoms with van der Waals surface area (Å²) in [5, 5.41) is 16.3. The van der Waals surface area contributed by atoms with Crippen molar-refractivity contribution in [3.8, 4) is 22.8 Å². The van der Waals surface area contributed by atoms with Gasteiger partial charge in [-0.2, -0.15) is 0 Å². The molecule has 0 aliphatic carbocycles. The monoisotopic (exact) mass is 395 g/mol. The van der Waals surface area contributed by atoms with E-state index in [0.717, 1.165) is 16.9 Å². The number of aliphatic hydroxyl groups is 1. The molecule has 0 radical (unpaired) electrons. The molecule has 0 atom stereocenters. The number of amides is 1. The van der Waals surface area contributed by atoms with Crippen LogP contribution in [0, 0.1) is 0 Å². The van der Waals surface area contributed by atoms with E-state index in [2.05, 4.69) is 15.4 Å². The number of pyridine rings is 1. The Morgan fingerprint density at radius 1 is 1.24 bits per heavy atom. The van der Waals surface area contributed by atoms with E-state index in [1.165, 1.54) is 0 Å². The van der Waals surface area contributed by atoms with Gasteiger partial charge in [-0.3, -0.25) is 9.69 Å². The summed E-state index contributed by atoms with van der Waals surface area (Å²) < 4.78 is 6.87. The average molecular weight is 395 g/mol. The lowest BCUT2D eigenvalue weighted by Gasteiger charge is -2.14. The van der Waals surface area contributed by atoms with Gasteiger partial charge in [-0.15, -0.1) is 5.10 Å². The predicted octanol–water partition coefficient (Wildman–Crippen LogP) is 2.20. The van der Waals surface area contributed by atoms with Crippen molar-refractivity contribution in [3.63, 3.8) is 0 Å². The number of hydrogen-bond acceptors (Lipinski definition) is 6. The zero-order valence-corrected chi connectivity index (χ0v) is 16.6. The molecule has 0 fully saturated rings. The minimum Gasteiger partial charge on any atom is -0.481 e. The quantitative estimate of drug-likeness (QED) is 0.577. The van der Waals surface area contributed by atoms with E-state index in [1.807, 2.05) is 54.4 Å². The van der Waals surface area contributed by atoms with Gasteiger partial charge in [0.15, 0.2) is 5.82 Å². The van der Waals surface area contributed by atoms with Crippen LogP contribution in [0.15, 0.2) is 54.7 Å². The van der Waals surface area contributed by atoms with Gasteiger partial charge in [0, 0.05) is 30.8 Å². The predicted molar refractivity (Wildman–Crippen MR) is 111 cm³/mol. The molecule has 29 heavy (non-hydrogen) atoms. The molecule has 0 unspecified atom stereocenters. The second-order valence-electron chi connectivity index (χ2n) is 6.61. The van der Waals surface area contributed by atoms with Gasteiger partial charge in [-0.1, -0.05) is 30.3 Å². The molecule has 0 aliphatic heterocycles. The van der Waals surface area contributed by atoms with Crippen molar-refractivity contribution in [3.05, 3.63) is 54.7 Å². The van der Waals surface area contributed by atoms with Crippen LogP contribution < -0.4 is 10.1 Å². The number of likely N-dealkylation sites (N-methyl/N-ethyl adjacent to an activating group) is 1. The molecule has 1 aromatic carbocycles. The van der Waals surface area contributed by atoms with Crippen LogP contribution in [0.5, 0.6) is 5.88 Å². The van der Waals surface area contributed by atoms with Crippen molar-refractivity contribution in [2.45, 2.75) is 6.42 Å². The number of carbonyl (C=O) groups excluding carboxylic acids is 1. The van der Waals surface area contributed by atoms with Crippen molar-refractivity contribution >= 4 is 11.7 Å². The highest BCUT2D eigenvalue weighted by Crippen LogP contribution is 2.26. The normalized spacial score (nSPS) is 10.9. The summed E-state index contributed by atoms with van der Waals surface area (Å²) in [5.74, 6) is 0.810. The molecule has 3 rings (SSSR count). The number of nitrogens with zero attached hydrogens (tertiary/aromatic N) is 4. The summed E-state index contributed by atoms with van der Waals surface area (Å²) in [7, 11) is 3.41. The van der Waals surface area contributed by atoms with Crippen molar-refractivity contribution in [1.29, 1.82) is 0 Å². The zero-order valence-electron chi connectivity index (χ0n) is 16.6. The summed E-state index contributed by atoms with van der Waals surface area (Å²) in [5.41, 5.74) is 2.56. The Hall–Kier alpha value is -3.23. The highest BCUT2D eigenvalue weighted by Gasteiger charge is 2.15. The van der Waals surface area contributed by atoms with E-state index in [-0.39, 0.29) is 19.1 Å². The number of anilines is 1. The third-order valence-corrected chi connectivity index (χ3v) is 4.33. The van der Waals surface area contributed by atoms with Gasteiger partial charge >= 0.3 is 0 Å². The molecule has 3 aromatic rings. The maximum atomic E-state index is 12.4. The first-order chi connectivity index (χ1) is 14.1. The molecule has 152 valence electrons. The summed E-state index contributed by atoms with van der Waals surface area (Å²) in [6, 6.07) is 15.3. The molecule has 2 N–H and O–H groups in total. The zero-order chi connectivity index (χ0) is 20.6.